The lowest BCUT2D eigenvalue weighted by atomic mass is 10.3. The Morgan fingerprint density at radius 1 is 1.39 bits per heavy atom. The van der Waals surface area contributed by atoms with Gasteiger partial charge in [0.05, 0.1) is 18.6 Å². The highest BCUT2D eigenvalue weighted by molar-refractivity contribution is 7.16. The van der Waals surface area contributed by atoms with Gasteiger partial charge in [-0.15, -0.1) is 11.3 Å². The molecule has 0 bridgehead atoms. The molecule has 0 fully saturated rings. The Morgan fingerprint density at radius 2 is 2.28 bits per heavy atom. The maximum atomic E-state index is 5.42. The summed E-state index contributed by atoms with van der Waals surface area (Å²) in [7, 11) is 0. The molecular formula is C12H18N4OS. The maximum Gasteiger partial charge on any atom is 0.140 e. The minimum absolute atomic E-state index is 0.564. The third-order valence-electron chi connectivity index (χ3n) is 2.69. The van der Waals surface area contributed by atoms with Crippen LogP contribution >= 0.6 is 11.3 Å². The number of rotatable bonds is 7. The number of nitrogens with two attached hydrogens (primary N) is 1. The molecule has 0 aromatic carbocycles. The van der Waals surface area contributed by atoms with E-state index in [0.29, 0.717) is 19.8 Å². The number of hydrogen-bond acceptors (Lipinski definition) is 6. The van der Waals surface area contributed by atoms with Crippen LogP contribution in [0.5, 0.6) is 0 Å². The van der Waals surface area contributed by atoms with Crippen LogP contribution in [0.25, 0.3) is 10.2 Å². The van der Waals surface area contributed by atoms with Crippen molar-refractivity contribution in [1.82, 2.24) is 9.97 Å². The van der Waals surface area contributed by atoms with Gasteiger partial charge in [-0.2, -0.15) is 0 Å². The van der Waals surface area contributed by atoms with Crippen molar-refractivity contribution < 1.29 is 4.74 Å². The Bertz CT molecular complexity index is 488. The van der Waals surface area contributed by atoms with E-state index in [2.05, 4.69) is 27.9 Å². The van der Waals surface area contributed by atoms with Gasteiger partial charge in [0.2, 0.25) is 0 Å². The van der Waals surface area contributed by atoms with Crippen LogP contribution in [0.15, 0.2) is 17.8 Å². The first-order chi connectivity index (χ1) is 8.86. The van der Waals surface area contributed by atoms with Crippen LogP contribution in [0.2, 0.25) is 0 Å². The highest BCUT2D eigenvalue weighted by atomic mass is 32.1. The van der Waals surface area contributed by atoms with Gasteiger partial charge >= 0.3 is 0 Å². The average Bonchev–Trinajstić information content (AvgIpc) is 2.87. The Balaban J connectivity index is 2.09. The van der Waals surface area contributed by atoms with Gasteiger partial charge in [0.25, 0.3) is 0 Å². The summed E-state index contributed by atoms with van der Waals surface area (Å²) in [6, 6.07) is 2.07. The van der Waals surface area contributed by atoms with E-state index >= 15 is 0 Å². The molecule has 0 atom stereocenters. The molecule has 0 unspecified atom stereocenters. The van der Waals surface area contributed by atoms with E-state index in [-0.39, 0.29) is 0 Å². The van der Waals surface area contributed by atoms with Gasteiger partial charge in [-0.1, -0.05) is 0 Å². The zero-order valence-electron chi connectivity index (χ0n) is 10.5. The van der Waals surface area contributed by atoms with Gasteiger partial charge in [-0.3, -0.25) is 0 Å². The smallest absolute Gasteiger partial charge is 0.140 e. The van der Waals surface area contributed by atoms with E-state index < -0.39 is 0 Å². The van der Waals surface area contributed by atoms with Crippen LogP contribution in [0, 0.1) is 0 Å². The predicted octanol–water partition coefficient (Wildman–Crippen LogP) is 1.49. The van der Waals surface area contributed by atoms with E-state index in [4.69, 9.17) is 10.5 Å². The van der Waals surface area contributed by atoms with Crippen molar-refractivity contribution in [2.24, 2.45) is 5.73 Å². The number of nitrogens with zero attached hydrogens (tertiary/aromatic N) is 3. The fourth-order valence-electron chi connectivity index (χ4n) is 1.80. The van der Waals surface area contributed by atoms with Crippen molar-refractivity contribution in [3.05, 3.63) is 17.8 Å². The van der Waals surface area contributed by atoms with Crippen LogP contribution in [0.1, 0.15) is 6.92 Å². The van der Waals surface area contributed by atoms with Crippen LogP contribution in [-0.2, 0) is 4.74 Å². The molecule has 2 rings (SSSR count). The molecule has 2 aromatic heterocycles. The fourth-order valence-corrected chi connectivity index (χ4v) is 2.53. The number of aromatic nitrogens is 2. The van der Waals surface area contributed by atoms with Gasteiger partial charge < -0.3 is 15.4 Å². The summed E-state index contributed by atoms with van der Waals surface area (Å²) >= 11 is 1.64. The van der Waals surface area contributed by atoms with Crippen molar-refractivity contribution in [2.75, 3.05) is 37.7 Å². The average molecular weight is 266 g/mol. The van der Waals surface area contributed by atoms with Crippen molar-refractivity contribution in [3.8, 4) is 0 Å². The molecule has 0 saturated carbocycles. The Morgan fingerprint density at radius 3 is 3.06 bits per heavy atom. The predicted molar refractivity (Wildman–Crippen MR) is 75.2 cm³/mol. The number of anilines is 1. The van der Waals surface area contributed by atoms with Crippen molar-refractivity contribution >= 4 is 27.4 Å². The Kier molecular flexibility index (Phi) is 4.86. The summed E-state index contributed by atoms with van der Waals surface area (Å²) in [5, 5.41) is 3.16. The molecule has 0 saturated heterocycles. The molecule has 98 valence electrons. The fraction of sp³-hybridized carbons (Fsp3) is 0.500. The van der Waals surface area contributed by atoms with Gasteiger partial charge in [0.15, 0.2) is 0 Å². The van der Waals surface area contributed by atoms with Crippen LogP contribution in [0.4, 0.5) is 5.82 Å². The van der Waals surface area contributed by atoms with Crippen molar-refractivity contribution in [3.63, 3.8) is 0 Å². The molecule has 0 aliphatic carbocycles. The molecule has 2 N–H and O–H groups in total. The molecule has 0 amide bonds. The van der Waals surface area contributed by atoms with Gasteiger partial charge in [0.1, 0.15) is 17.0 Å². The largest absolute Gasteiger partial charge is 0.378 e. The number of hydrogen-bond donors (Lipinski definition) is 1. The van der Waals surface area contributed by atoms with E-state index in [1.807, 2.05) is 5.38 Å². The topological polar surface area (TPSA) is 64.3 Å². The molecule has 2 aromatic rings. The standard InChI is InChI=1S/C12H18N4OS/c1-2-16(5-7-17-6-4-13)11-10-3-8-18-12(10)15-9-14-11/h3,8-9H,2,4-7,13H2,1H3. The molecule has 0 aliphatic rings. The molecular weight excluding hydrogens is 248 g/mol. The molecule has 18 heavy (non-hydrogen) atoms. The summed E-state index contributed by atoms with van der Waals surface area (Å²) in [5.74, 6) is 0.986. The van der Waals surface area contributed by atoms with Crippen LogP contribution in [0.3, 0.4) is 0 Å². The van der Waals surface area contributed by atoms with Gasteiger partial charge in [0, 0.05) is 19.6 Å². The number of likely N-dealkylation sites (N-methyl/N-ethyl adjacent to an activating group) is 1. The quantitative estimate of drug-likeness (QED) is 0.769. The number of fused-ring (bicyclic) bond motifs is 1. The monoisotopic (exact) mass is 266 g/mol. The number of thiophene rings is 1. The zero-order valence-corrected chi connectivity index (χ0v) is 11.3. The van der Waals surface area contributed by atoms with E-state index in [1.54, 1.807) is 17.7 Å². The van der Waals surface area contributed by atoms with Crippen molar-refractivity contribution in [2.45, 2.75) is 6.92 Å². The molecule has 6 heteroatoms. The third kappa shape index (κ3) is 2.95. The summed E-state index contributed by atoms with van der Waals surface area (Å²) in [5.41, 5.74) is 5.39. The first-order valence-corrected chi connectivity index (χ1v) is 6.95. The second-order valence-electron chi connectivity index (χ2n) is 3.82. The first kappa shape index (κ1) is 13.2. The van der Waals surface area contributed by atoms with E-state index in [9.17, 15) is 0 Å². The molecule has 0 spiro atoms. The molecule has 0 aliphatic heterocycles. The Labute approximate surface area is 111 Å². The third-order valence-corrected chi connectivity index (χ3v) is 3.51. The van der Waals surface area contributed by atoms with Crippen molar-refractivity contribution in [1.29, 1.82) is 0 Å². The zero-order chi connectivity index (χ0) is 12.8. The molecule has 5 nitrogen and oxygen atoms in total. The minimum atomic E-state index is 0.564. The summed E-state index contributed by atoms with van der Waals surface area (Å²) in [6.07, 6.45) is 1.62. The maximum absolute atomic E-state index is 5.42. The highest BCUT2D eigenvalue weighted by Crippen LogP contribution is 2.26. The second kappa shape index (κ2) is 6.63. The normalized spacial score (nSPS) is 11.0. The molecule has 0 radical (unpaired) electrons. The lowest BCUT2D eigenvalue weighted by Gasteiger charge is -2.22. The van der Waals surface area contributed by atoms with Gasteiger partial charge in [-0.05, 0) is 18.4 Å². The lowest BCUT2D eigenvalue weighted by Crippen LogP contribution is -2.28. The summed E-state index contributed by atoms with van der Waals surface area (Å²) in [6.45, 7) is 5.67. The highest BCUT2D eigenvalue weighted by Gasteiger charge is 2.11. The Hall–Kier alpha value is -1.24. The van der Waals surface area contributed by atoms with Gasteiger partial charge in [-0.25, -0.2) is 9.97 Å². The van der Waals surface area contributed by atoms with Crippen LogP contribution < -0.4 is 10.6 Å². The summed E-state index contributed by atoms with van der Waals surface area (Å²) in [4.78, 5) is 11.9. The van der Waals surface area contributed by atoms with E-state index in [1.165, 1.54) is 0 Å². The lowest BCUT2D eigenvalue weighted by molar-refractivity contribution is 0.147. The minimum Gasteiger partial charge on any atom is -0.378 e. The first-order valence-electron chi connectivity index (χ1n) is 6.07. The number of ether oxygens (including phenoxy) is 1. The second-order valence-corrected chi connectivity index (χ2v) is 4.71. The van der Waals surface area contributed by atoms with E-state index in [0.717, 1.165) is 29.1 Å². The van der Waals surface area contributed by atoms with Crippen LogP contribution in [-0.4, -0.2) is 42.8 Å². The summed E-state index contributed by atoms with van der Waals surface area (Å²) < 4.78 is 5.42. The SMILES string of the molecule is CCN(CCOCCN)c1ncnc2sccc12. The molecule has 2 heterocycles.